The molecule has 3 aromatic rings. The first-order chi connectivity index (χ1) is 14.1. The zero-order chi connectivity index (χ0) is 20.6. The second-order valence-electron chi connectivity index (χ2n) is 6.11. The Morgan fingerprint density at radius 1 is 1.03 bits per heavy atom. The number of hydrogen-bond acceptors (Lipinski definition) is 5. The number of allylic oxidation sites excluding steroid dienone is 1. The number of nitro benzene ring substituents is 1. The van der Waals surface area contributed by atoms with E-state index in [1.807, 2.05) is 18.2 Å². The van der Waals surface area contributed by atoms with Crippen molar-refractivity contribution in [1.82, 2.24) is 0 Å². The maximum Gasteiger partial charge on any atom is 0.269 e. The van der Waals surface area contributed by atoms with Crippen LogP contribution in [0.4, 0.5) is 5.69 Å². The van der Waals surface area contributed by atoms with Crippen molar-refractivity contribution in [2.45, 2.75) is 6.61 Å². The first-order valence-corrected chi connectivity index (χ1v) is 8.68. The van der Waals surface area contributed by atoms with Crippen LogP contribution < -0.4 is 4.74 Å². The molecule has 3 aromatic carbocycles. The van der Waals surface area contributed by atoms with Gasteiger partial charge < -0.3 is 4.74 Å². The zero-order valence-electron chi connectivity index (χ0n) is 15.3. The second kappa shape index (κ2) is 8.98. The maximum atomic E-state index is 10.7. The molecule has 6 heteroatoms. The van der Waals surface area contributed by atoms with E-state index in [4.69, 9.17) is 10.00 Å². The molecule has 0 amide bonds. The minimum absolute atomic E-state index is 0.0235. The number of hydrogen-bond donors (Lipinski definition) is 0. The Balaban J connectivity index is 1.84. The van der Waals surface area contributed by atoms with Crippen molar-refractivity contribution in [3.05, 3.63) is 105 Å². The largest absolute Gasteiger partial charge is 0.488 e. The third-order valence-electron chi connectivity index (χ3n) is 4.18. The van der Waals surface area contributed by atoms with Gasteiger partial charge in [-0.15, -0.1) is 0 Å². The van der Waals surface area contributed by atoms with Crippen LogP contribution >= 0.6 is 0 Å². The highest BCUT2D eigenvalue weighted by atomic mass is 16.6. The van der Waals surface area contributed by atoms with Crippen molar-refractivity contribution < 1.29 is 9.66 Å². The first-order valence-electron chi connectivity index (χ1n) is 8.68. The quantitative estimate of drug-likeness (QED) is 0.256. The van der Waals surface area contributed by atoms with Crippen molar-refractivity contribution in [1.29, 1.82) is 10.5 Å². The summed E-state index contributed by atoms with van der Waals surface area (Å²) >= 11 is 0. The molecule has 3 rings (SSSR count). The average Bonchev–Trinajstić information content (AvgIpc) is 2.77. The van der Waals surface area contributed by atoms with Crippen LogP contribution in [-0.4, -0.2) is 4.92 Å². The molecule has 0 N–H and O–H groups in total. The molecule has 0 aromatic heterocycles. The van der Waals surface area contributed by atoms with Gasteiger partial charge in [0.1, 0.15) is 12.4 Å². The van der Waals surface area contributed by atoms with E-state index in [9.17, 15) is 15.4 Å². The van der Waals surface area contributed by atoms with E-state index in [0.717, 1.165) is 5.56 Å². The fourth-order valence-electron chi connectivity index (χ4n) is 2.70. The number of non-ortho nitro benzene ring substituents is 1. The lowest BCUT2D eigenvalue weighted by molar-refractivity contribution is -0.384. The van der Waals surface area contributed by atoms with Gasteiger partial charge >= 0.3 is 0 Å². The SMILES string of the molecule is N#C/C(=C/c1ccccc1OCc1ccc([N+](=O)[O-])cc1)c1cccc(C#N)c1. The standard InChI is InChI=1S/C23H15N3O3/c24-14-18-4-3-6-19(12-18)21(15-25)13-20-5-1-2-7-23(20)29-16-17-8-10-22(11-9-17)26(27)28/h1-13H,16H2/b21-13-. The molecule has 0 saturated heterocycles. The lowest BCUT2D eigenvalue weighted by Crippen LogP contribution is -1.97. The van der Waals surface area contributed by atoms with Crippen LogP contribution in [0, 0.1) is 32.8 Å². The number of rotatable bonds is 6. The molecule has 0 fully saturated rings. The van der Waals surface area contributed by atoms with E-state index in [1.54, 1.807) is 48.5 Å². The molecular weight excluding hydrogens is 366 g/mol. The number of nitrogens with zero attached hydrogens (tertiary/aromatic N) is 3. The lowest BCUT2D eigenvalue weighted by Gasteiger charge is -2.10. The summed E-state index contributed by atoms with van der Waals surface area (Å²) in [6, 6.07) is 24.5. The van der Waals surface area contributed by atoms with Gasteiger partial charge in [0.25, 0.3) is 5.69 Å². The first kappa shape index (κ1) is 19.3. The summed E-state index contributed by atoms with van der Waals surface area (Å²) in [5.74, 6) is 0.579. The Bertz CT molecular complexity index is 1150. The summed E-state index contributed by atoms with van der Waals surface area (Å²) < 4.78 is 5.87. The summed E-state index contributed by atoms with van der Waals surface area (Å²) in [5.41, 5.74) is 3.07. The van der Waals surface area contributed by atoms with Crippen molar-refractivity contribution in [3.8, 4) is 17.9 Å². The van der Waals surface area contributed by atoms with Crippen LogP contribution in [0.1, 0.15) is 22.3 Å². The Morgan fingerprint density at radius 3 is 2.48 bits per heavy atom. The van der Waals surface area contributed by atoms with E-state index < -0.39 is 4.92 Å². The highest BCUT2D eigenvalue weighted by Crippen LogP contribution is 2.26. The normalized spacial score (nSPS) is 10.6. The highest BCUT2D eigenvalue weighted by molar-refractivity contribution is 5.90. The molecule has 29 heavy (non-hydrogen) atoms. The topological polar surface area (TPSA) is 99.9 Å². The molecule has 0 unspecified atom stereocenters. The number of nitro groups is 1. The van der Waals surface area contributed by atoms with E-state index >= 15 is 0 Å². The molecule has 0 radical (unpaired) electrons. The number of benzene rings is 3. The van der Waals surface area contributed by atoms with Crippen LogP contribution in [0.2, 0.25) is 0 Å². The molecule has 6 nitrogen and oxygen atoms in total. The Hall–Kier alpha value is -4.42. The summed E-state index contributed by atoms with van der Waals surface area (Å²) in [4.78, 5) is 10.3. The monoisotopic (exact) mass is 381 g/mol. The van der Waals surface area contributed by atoms with Crippen molar-refractivity contribution in [2.24, 2.45) is 0 Å². The van der Waals surface area contributed by atoms with Crippen LogP contribution in [-0.2, 0) is 6.61 Å². The van der Waals surface area contributed by atoms with Gasteiger partial charge in [-0.2, -0.15) is 10.5 Å². The van der Waals surface area contributed by atoms with Gasteiger partial charge in [0.05, 0.1) is 28.2 Å². The van der Waals surface area contributed by atoms with E-state index in [0.29, 0.717) is 28.0 Å². The fraction of sp³-hybridized carbons (Fsp3) is 0.0435. The Kier molecular flexibility index (Phi) is 5.99. The molecular formula is C23H15N3O3. The summed E-state index contributed by atoms with van der Waals surface area (Å²) in [6.07, 6.45) is 1.71. The zero-order valence-corrected chi connectivity index (χ0v) is 15.3. The predicted octanol–water partition coefficient (Wildman–Crippen LogP) is 5.11. The van der Waals surface area contributed by atoms with Gasteiger partial charge in [-0.3, -0.25) is 10.1 Å². The molecule has 0 atom stereocenters. The molecule has 0 aliphatic carbocycles. The Labute approximate surface area is 167 Å². The van der Waals surface area contributed by atoms with Crippen LogP contribution in [0.25, 0.3) is 11.6 Å². The van der Waals surface area contributed by atoms with E-state index in [1.165, 1.54) is 12.1 Å². The lowest BCUT2D eigenvalue weighted by atomic mass is 10.0. The van der Waals surface area contributed by atoms with Crippen molar-refractivity contribution in [2.75, 3.05) is 0 Å². The van der Waals surface area contributed by atoms with E-state index in [2.05, 4.69) is 12.1 Å². The maximum absolute atomic E-state index is 10.7. The van der Waals surface area contributed by atoms with Gasteiger partial charge in [0, 0.05) is 17.7 Å². The van der Waals surface area contributed by atoms with Crippen LogP contribution in [0.15, 0.2) is 72.8 Å². The molecule has 0 bridgehead atoms. The van der Waals surface area contributed by atoms with Crippen molar-refractivity contribution >= 4 is 17.3 Å². The predicted molar refractivity (Wildman–Crippen MR) is 109 cm³/mol. The van der Waals surface area contributed by atoms with E-state index in [-0.39, 0.29) is 12.3 Å². The van der Waals surface area contributed by atoms with Crippen molar-refractivity contribution in [3.63, 3.8) is 0 Å². The minimum Gasteiger partial charge on any atom is -0.488 e. The number of ether oxygens (including phenoxy) is 1. The third kappa shape index (κ3) is 4.85. The Morgan fingerprint density at radius 2 is 1.79 bits per heavy atom. The molecule has 0 spiro atoms. The van der Waals surface area contributed by atoms with Gasteiger partial charge in [-0.05, 0) is 47.5 Å². The van der Waals surface area contributed by atoms with Crippen LogP contribution in [0.5, 0.6) is 5.75 Å². The van der Waals surface area contributed by atoms with Gasteiger partial charge in [-0.25, -0.2) is 0 Å². The molecule has 0 aliphatic heterocycles. The molecule has 0 aliphatic rings. The fourth-order valence-corrected chi connectivity index (χ4v) is 2.70. The second-order valence-corrected chi connectivity index (χ2v) is 6.11. The number of para-hydroxylation sites is 1. The molecule has 0 heterocycles. The average molecular weight is 381 g/mol. The highest BCUT2D eigenvalue weighted by Gasteiger charge is 2.08. The van der Waals surface area contributed by atoms with Gasteiger partial charge in [0.15, 0.2) is 0 Å². The van der Waals surface area contributed by atoms with Gasteiger partial charge in [-0.1, -0.05) is 30.3 Å². The van der Waals surface area contributed by atoms with Gasteiger partial charge in [0.2, 0.25) is 0 Å². The molecule has 0 saturated carbocycles. The minimum atomic E-state index is -0.449. The van der Waals surface area contributed by atoms with Crippen LogP contribution in [0.3, 0.4) is 0 Å². The number of nitriles is 2. The summed E-state index contributed by atoms with van der Waals surface area (Å²) in [5, 5.41) is 29.4. The smallest absolute Gasteiger partial charge is 0.269 e. The molecule has 140 valence electrons. The summed E-state index contributed by atoms with van der Waals surface area (Å²) in [7, 11) is 0. The summed E-state index contributed by atoms with van der Waals surface area (Å²) in [6.45, 7) is 0.231. The third-order valence-corrected chi connectivity index (χ3v) is 4.18.